The number of benzene rings is 1. The quantitative estimate of drug-likeness (QED) is 0.827. The first kappa shape index (κ1) is 16.0. The summed E-state index contributed by atoms with van der Waals surface area (Å²) in [4.78, 5) is 15.9. The van der Waals surface area contributed by atoms with Crippen molar-refractivity contribution in [1.29, 1.82) is 0 Å². The summed E-state index contributed by atoms with van der Waals surface area (Å²) in [7, 11) is 0. The van der Waals surface area contributed by atoms with Gasteiger partial charge < -0.3 is 10.6 Å². The minimum Gasteiger partial charge on any atom is -0.352 e. The topological polar surface area (TPSA) is 71.8 Å². The van der Waals surface area contributed by atoms with Crippen LogP contribution in [0, 0.1) is 0 Å². The van der Waals surface area contributed by atoms with E-state index in [2.05, 4.69) is 32.8 Å². The Morgan fingerprint density at radius 3 is 2.87 bits per heavy atom. The molecule has 1 fully saturated rings. The van der Waals surface area contributed by atoms with Gasteiger partial charge in [-0.15, -0.1) is 0 Å². The van der Waals surface area contributed by atoms with Gasteiger partial charge in [0.05, 0.1) is 6.54 Å². The summed E-state index contributed by atoms with van der Waals surface area (Å²) < 4.78 is 1.78. The largest absolute Gasteiger partial charge is 0.352 e. The van der Waals surface area contributed by atoms with E-state index in [0.29, 0.717) is 25.6 Å². The van der Waals surface area contributed by atoms with Crippen molar-refractivity contribution < 1.29 is 4.79 Å². The SMILES string of the molecule is O=C(CC1CSCCN1)NCc1ccc(Cn2cncn2)cc1. The summed E-state index contributed by atoms with van der Waals surface area (Å²) in [5.41, 5.74) is 2.26. The molecule has 1 aliphatic rings. The number of hydrogen-bond acceptors (Lipinski definition) is 5. The zero-order valence-electron chi connectivity index (χ0n) is 12.9. The number of carbonyl (C=O) groups is 1. The van der Waals surface area contributed by atoms with Crippen molar-refractivity contribution in [2.45, 2.75) is 25.6 Å². The lowest BCUT2D eigenvalue weighted by Gasteiger charge is -2.22. The molecule has 0 saturated carbocycles. The summed E-state index contributed by atoms with van der Waals surface area (Å²) >= 11 is 1.91. The van der Waals surface area contributed by atoms with Crippen LogP contribution in [-0.2, 0) is 17.9 Å². The van der Waals surface area contributed by atoms with Crippen molar-refractivity contribution in [3.05, 3.63) is 48.0 Å². The van der Waals surface area contributed by atoms with Gasteiger partial charge in [0.2, 0.25) is 5.91 Å². The van der Waals surface area contributed by atoms with E-state index in [1.165, 1.54) is 6.33 Å². The lowest BCUT2D eigenvalue weighted by atomic mass is 10.1. The minimum absolute atomic E-state index is 0.108. The number of nitrogens with zero attached hydrogens (tertiary/aromatic N) is 3. The summed E-state index contributed by atoms with van der Waals surface area (Å²) in [6.45, 7) is 2.27. The van der Waals surface area contributed by atoms with Crippen molar-refractivity contribution in [3.63, 3.8) is 0 Å². The molecule has 1 aliphatic heterocycles. The molecule has 1 atom stereocenters. The van der Waals surface area contributed by atoms with Gasteiger partial charge in [0, 0.05) is 37.1 Å². The van der Waals surface area contributed by atoms with E-state index >= 15 is 0 Å². The third kappa shape index (κ3) is 5.07. The van der Waals surface area contributed by atoms with E-state index in [4.69, 9.17) is 0 Å². The third-order valence-corrected chi connectivity index (χ3v) is 4.88. The predicted octanol–water partition coefficient (Wildman–Crippen LogP) is 1.04. The number of rotatable bonds is 6. The molecule has 3 rings (SSSR count). The Balaban J connectivity index is 1.43. The molecule has 1 aromatic carbocycles. The third-order valence-electron chi connectivity index (χ3n) is 3.75. The van der Waals surface area contributed by atoms with Crippen LogP contribution in [0.3, 0.4) is 0 Å². The molecule has 0 bridgehead atoms. The standard InChI is InChI=1S/C16H21N5OS/c22-16(7-15-10-23-6-5-18-15)19-8-13-1-3-14(4-2-13)9-21-12-17-11-20-21/h1-4,11-12,15,18H,5-10H2,(H,19,22). The lowest BCUT2D eigenvalue weighted by Crippen LogP contribution is -2.41. The van der Waals surface area contributed by atoms with Gasteiger partial charge in [0.25, 0.3) is 0 Å². The Morgan fingerprint density at radius 2 is 2.17 bits per heavy atom. The molecule has 6 nitrogen and oxygen atoms in total. The van der Waals surface area contributed by atoms with Gasteiger partial charge in [0.15, 0.2) is 0 Å². The summed E-state index contributed by atoms with van der Waals surface area (Å²) in [5, 5.41) is 10.5. The molecule has 0 radical (unpaired) electrons. The number of amides is 1. The van der Waals surface area contributed by atoms with Crippen molar-refractivity contribution in [1.82, 2.24) is 25.4 Å². The molecule has 1 aromatic heterocycles. The first-order valence-corrected chi connectivity index (χ1v) is 8.93. The van der Waals surface area contributed by atoms with Gasteiger partial charge in [-0.25, -0.2) is 9.67 Å². The number of nitrogens with one attached hydrogen (secondary N) is 2. The molecule has 2 heterocycles. The number of aromatic nitrogens is 3. The average Bonchev–Trinajstić information content (AvgIpc) is 3.08. The van der Waals surface area contributed by atoms with Crippen LogP contribution in [0.25, 0.3) is 0 Å². The molecule has 23 heavy (non-hydrogen) atoms. The van der Waals surface area contributed by atoms with Gasteiger partial charge in [-0.3, -0.25) is 4.79 Å². The van der Waals surface area contributed by atoms with Crippen molar-refractivity contribution >= 4 is 17.7 Å². The summed E-state index contributed by atoms with van der Waals surface area (Å²) in [5.74, 6) is 2.26. The van der Waals surface area contributed by atoms with Crippen LogP contribution in [0.5, 0.6) is 0 Å². The molecule has 122 valence electrons. The Hall–Kier alpha value is -1.86. The second kappa shape index (κ2) is 8.12. The molecule has 1 saturated heterocycles. The molecule has 1 unspecified atom stereocenters. The normalized spacial score (nSPS) is 17.8. The molecule has 7 heteroatoms. The van der Waals surface area contributed by atoms with Crippen LogP contribution < -0.4 is 10.6 Å². The maximum atomic E-state index is 12.0. The van der Waals surface area contributed by atoms with E-state index in [9.17, 15) is 4.79 Å². The highest BCUT2D eigenvalue weighted by atomic mass is 32.2. The van der Waals surface area contributed by atoms with Crippen LogP contribution in [0.1, 0.15) is 17.5 Å². The fourth-order valence-electron chi connectivity index (χ4n) is 2.51. The molecule has 2 aromatic rings. The van der Waals surface area contributed by atoms with E-state index < -0.39 is 0 Å². The molecular weight excluding hydrogens is 310 g/mol. The zero-order valence-corrected chi connectivity index (χ0v) is 13.8. The van der Waals surface area contributed by atoms with Gasteiger partial charge in [0.1, 0.15) is 12.7 Å². The summed E-state index contributed by atoms with van der Waals surface area (Å²) in [6.07, 6.45) is 3.78. The van der Waals surface area contributed by atoms with Gasteiger partial charge in [-0.2, -0.15) is 16.9 Å². The number of carbonyl (C=O) groups excluding carboxylic acids is 1. The van der Waals surface area contributed by atoms with E-state index in [1.54, 1.807) is 11.0 Å². The molecule has 0 aliphatic carbocycles. The van der Waals surface area contributed by atoms with Gasteiger partial charge in [-0.1, -0.05) is 24.3 Å². The highest BCUT2D eigenvalue weighted by Gasteiger charge is 2.16. The highest BCUT2D eigenvalue weighted by Crippen LogP contribution is 2.10. The Bertz CT molecular complexity index is 608. The fraction of sp³-hybridized carbons (Fsp3) is 0.438. The van der Waals surface area contributed by atoms with Crippen LogP contribution in [0.2, 0.25) is 0 Å². The van der Waals surface area contributed by atoms with Crippen molar-refractivity contribution in [3.8, 4) is 0 Å². The number of hydrogen-bond donors (Lipinski definition) is 2. The second-order valence-corrected chi connectivity index (χ2v) is 6.77. The van der Waals surface area contributed by atoms with Crippen LogP contribution in [0.4, 0.5) is 0 Å². The second-order valence-electron chi connectivity index (χ2n) is 5.62. The Morgan fingerprint density at radius 1 is 1.35 bits per heavy atom. The fourth-order valence-corrected chi connectivity index (χ4v) is 3.46. The van der Waals surface area contributed by atoms with Gasteiger partial charge >= 0.3 is 0 Å². The number of thioether (sulfide) groups is 1. The predicted molar refractivity (Wildman–Crippen MR) is 91.1 cm³/mol. The average molecular weight is 331 g/mol. The Kier molecular flexibility index (Phi) is 5.65. The maximum Gasteiger partial charge on any atom is 0.221 e. The molecule has 0 spiro atoms. The molecule has 2 N–H and O–H groups in total. The van der Waals surface area contributed by atoms with E-state index in [0.717, 1.165) is 29.2 Å². The van der Waals surface area contributed by atoms with Gasteiger partial charge in [-0.05, 0) is 11.1 Å². The molecular formula is C16H21N5OS. The van der Waals surface area contributed by atoms with Crippen LogP contribution in [-0.4, -0.2) is 44.8 Å². The lowest BCUT2D eigenvalue weighted by molar-refractivity contribution is -0.121. The van der Waals surface area contributed by atoms with E-state index in [-0.39, 0.29) is 5.91 Å². The first-order chi connectivity index (χ1) is 11.3. The molecule has 1 amide bonds. The van der Waals surface area contributed by atoms with Crippen LogP contribution >= 0.6 is 11.8 Å². The monoisotopic (exact) mass is 331 g/mol. The Labute approximate surface area is 140 Å². The smallest absolute Gasteiger partial charge is 0.221 e. The van der Waals surface area contributed by atoms with Crippen LogP contribution in [0.15, 0.2) is 36.9 Å². The highest BCUT2D eigenvalue weighted by molar-refractivity contribution is 7.99. The van der Waals surface area contributed by atoms with Crippen molar-refractivity contribution in [2.24, 2.45) is 0 Å². The zero-order chi connectivity index (χ0) is 15.9. The minimum atomic E-state index is 0.108. The van der Waals surface area contributed by atoms with Crippen molar-refractivity contribution in [2.75, 3.05) is 18.1 Å². The maximum absolute atomic E-state index is 12.0. The first-order valence-electron chi connectivity index (χ1n) is 7.77. The van der Waals surface area contributed by atoms with E-state index in [1.807, 2.05) is 23.9 Å². The summed E-state index contributed by atoms with van der Waals surface area (Å²) in [6, 6.07) is 8.51.